The van der Waals surface area contributed by atoms with Gasteiger partial charge in [0, 0.05) is 10.5 Å². The average Bonchev–Trinajstić information content (AvgIpc) is 2.49. The van der Waals surface area contributed by atoms with Gasteiger partial charge in [0.15, 0.2) is 5.78 Å². The number of hydrogen-bond acceptors (Lipinski definition) is 5. The molecular weight excluding hydrogens is 262 g/mol. The number of azide groups is 1. The van der Waals surface area contributed by atoms with E-state index in [0.717, 1.165) is 12.7 Å². The molecule has 1 unspecified atom stereocenters. The standard InChI is InChI=1S/C13H13N3O4/c1-19-9-3-4-10-8(7-9)5-6-13(11(10)17,15-16-14)12(18)20-2/h3-4,7H,5-6H2,1-2H3. The summed E-state index contributed by atoms with van der Waals surface area (Å²) in [6, 6.07) is 4.94. The van der Waals surface area contributed by atoms with Crippen molar-refractivity contribution in [1.29, 1.82) is 0 Å². The number of Topliss-reactive ketones (excluding diaryl/α,β-unsaturated/α-hetero) is 1. The first-order valence-corrected chi connectivity index (χ1v) is 5.95. The van der Waals surface area contributed by atoms with Crippen molar-refractivity contribution < 1.29 is 19.1 Å². The lowest BCUT2D eigenvalue weighted by atomic mass is 9.77. The maximum Gasteiger partial charge on any atom is 0.325 e. The van der Waals surface area contributed by atoms with Gasteiger partial charge in [0.1, 0.15) is 5.75 Å². The molecule has 0 N–H and O–H groups in total. The highest BCUT2D eigenvalue weighted by molar-refractivity contribution is 6.18. The summed E-state index contributed by atoms with van der Waals surface area (Å²) in [5.41, 5.74) is 7.98. The minimum atomic E-state index is -1.80. The second-order valence-electron chi connectivity index (χ2n) is 4.39. The Balaban J connectivity index is 2.54. The molecule has 0 heterocycles. The van der Waals surface area contributed by atoms with Crippen molar-refractivity contribution in [2.75, 3.05) is 14.2 Å². The molecule has 0 fully saturated rings. The molecule has 0 saturated carbocycles. The van der Waals surface area contributed by atoms with E-state index in [1.807, 2.05) is 0 Å². The molecular formula is C13H13N3O4. The number of rotatable bonds is 3. The Hall–Kier alpha value is -2.53. The molecule has 1 atom stereocenters. The Kier molecular flexibility index (Phi) is 3.63. The Morgan fingerprint density at radius 2 is 2.20 bits per heavy atom. The van der Waals surface area contributed by atoms with E-state index in [1.165, 1.54) is 7.11 Å². The second-order valence-corrected chi connectivity index (χ2v) is 4.39. The van der Waals surface area contributed by atoms with Crippen LogP contribution in [0.25, 0.3) is 10.4 Å². The summed E-state index contributed by atoms with van der Waals surface area (Å²) in [6.45, 7) is 0. The summed E-state index contributed by atoms with van der Waals surface area (Å²) >= 11 is 0. The van der Waals surface area contributed by atoms with E-state index in [4.69, 9.17) is 10.3 Å². The number of aryl methyl sites for hydroxylation is 1. The van der Waals surface area contributed by atoms with Gasteiger partial charge in [-0.05, 0) is 42.1 Å². The highest BCUT2D eigenvalue weighted by atomic mass is 16.5. The zero-order valence-electron chi connectivity index (χ0n) is 11.1. The van der Waals surface area contributed by atoms with Crippen LogP contribution in [0, 0.1) is 0 Å². The molecule has 0 amide bonds. The van der Waals surface area contributed by atoms with E-state index in [-0.39, 0.29) is 6.42 Å². The summed E-state index contributed by atoms with van der Waals surface area (Å²) in [5, 5.41) is 3.43. The lowest BCUT2D eigenvalue weighted by Crippen LogP contribution is -2.48. The molecule has 0 saturated heterocycles. The molecule has 0 radical (unpaired) electrons. The van der Waals surface area contributed by atoms with Crippen LogP contribution in [0.2, 0.25) is 0 Å². The molecule has 1 aromatic rings. The van der Waals surface area contributed by atoms with Crippen molar-refractivity contribution >= 4 is 11.8 Å². The van der Waals surface area contributed by atoms with Crippen molar-refractivity contribution in [2.45, 2.75) is 18.4 Å². The van der Waals surface area contributed by atoms with Gasteiger partial charge in [-0.1, -0.05) is 5.11 Å². The van der Waals surface area contributed by atoms with Gasteiger partial charge in [0.25, 0.3) is 0 Å². The van der Waals surface area contributed by atoms with Crippen LogP contribution in [-0.2, 0) is 16.0 Å². The molecule has 0 bridgehead atoms. The predicted octanol–water partition coefficient (Wildman–Crippen LogP) is 2.05. The highest BCUT2D eigenvalue weighted by Gasteiger charge is 2.49. The maximum atomic E-state index is 12.5. The van der Waals surface area contributed by atoms with Crippen LogP contribution in [0.1, 0.15) is 22.3 Å². The summed E-state index contributed by atoms with van der Waals surface area (Å²) < 4.78 is 9.73. The molecule has 0 spiro atoms. The third kappa shape index (κ3) is 1.98. The van der Waals surface area contributed by atoms with Gasteiger partial charge in [-0.3, -0.25) is 9.59 Å². The molecule has 7 nitrogen and oxygen atoms in total. The van der Waals surface area contributed by atoms with Crippen LogP contribution in [0.15, 0.2) is 23.3 Å². The van der Waals surface area contributed by atoms with Crippen molar-refractivity contribution in [3.05, 3.63) is 39.8 Å². The molecule has 1 aromatic carbocycles. The molecule has 2 rings (SSSR count). The maximum absolute atomic E-state index is 12.5. The molecule has 0 aromatic heterocycles. The number of methoxy groups -OCH3 is 2. The first kappa shape index (κ1) is 13.9. The highest BCUT2D eigenvalue weighted by Crippen LogP contribution is 2.34. The molecule has 1 aliphatic rings. The van der Waals surface area contributed by atoms with Crippen LogP contribution in [0.5, 0.6) is 5.75 Å². The minimum Gasteiger partial charge on any atom is -0.497 e. The van der Waals surface area contributed by atoms with Gasteiger partial charge in [-0.2, -0.15) is 0 Å². The van der Waals surface area contributed by atoms with E-state index >= 15 is 0 Å². The van der Waals surface area contributed by atoms with E-state index < -0.39 is 17.3 Å². The summed E-state index contributed by atoms with van der Waals surface area (Å²) in [5.74, 6) is -0.737. The quantitative estimate of drug-likeness (QED) is 0.277. The Labute approximate surface area is 115 Å². The average molecular weight is 275 g/mol. The van der Waals surface area contributed by atoms with Crippen LogP contribution in [-0.4, -0.2) is 31.5 Å². The van der Waals surface area contributed by atoms with Crippen LogP contribution in [0.4, 0.5) is 0 Å². The number of ether oxygens (including phenoxy) is 2. The van der Waals surface area contributed by atoms with Crippen LogP contribution in [0.3, 0.4) is 0 Å². The monoisotopic (exact) mass is 275 g/mol. The topological polar surface area (TPSA) is 101 Å². The number of ketones is 1. The van der Waals surface area contributed by atoms with Gasteiger partial charge in [-0.15, -0.1) is 0 Å². The second kappa shape index (κ2) is 5.22. The first-order valence-electron chi connectivity index (χ1n) is 5.95. The van der Waals surface area contributed by atoms with Crippen molar-refractivity contribution in [2.24, 2.45) is 5.11 Å². The van der Waals surface area contributed by atoms with E-state index in [0.29, 0.717) is 17.7 Å². The third-order valence-electron chi connectivity index (χ3n) is 3.43. The largest absolute Gasteiger partial charge is 0.497 e. The molecule has 104 valence electrons. The van der Waals surface area contributed by atoms with E-state index in [9.17, 15) is 9.59 Å². The number of carbonyl (C=O) groups excluding carboxylic acids is 2. The zero-order chi connectivity index (χ0) is 14.8. The van der Waals surface area contributed by atoms with E-state index in [1.54, 1.807) is 18.2 Å². The van der Waals surface area contributed by atoms with E-state index in [2.05, 4.69) is 14.8 Å². The molecule has 7 heteroatoms. The Morgan fingerprint density at radius 3 is 2.80 bits per heavy atom. The van der Waals surface area contributed by atoms with Crippen molar-refractivity contribution in [3.8, 4) is 5.75 Å². The normalized spacial score (nSPS) is 20.6. The van der Waals surface area contributed by atoms with Crippen LogP contribution >= 0.6 is 0 Å². The van der Waals surface area contributed by atoms with Crippen LogP contribution < -0.4 is 4.74 Å². The van der Waals surface area contributed by atoms with Crippen molar-refractivity contribution in [1.82, 2.24) is 0 Å². The lowest BCUT2D eigenvalue weighted by Gasteiger charge is -2.29. The van der Waals surface area contributed by atoms with Crippen molar-refractivity contribution in [3.63, 3.8) is 0 Å². The number of benzene rings is 1. The fourth-order valence-corrected chi connectivity index (χ4v) is 2.35. The minimum absolute atomic E-state index is 0.0860. The number of carbonyl (C=O) groups is 2. The molecule has 0 aliphatic heterocycles. The SMILES string of the molecule is COC(=O)C1(N=[N+]=[N-])CCc2cc(OC)ccc2C1=O. The number of esters is 1. The summed E-state index contributed by atoms with van der Waals surface area (Å²) in [7, 11) is 2.69. The number of hydrogen-bond donors (Lipinski definition) is 0. The predicted molar refractivity (Wildman–Crippen MR) is 69.5 cm³/mol. The van der Waals surface area contributed by atoms with Gasteiger partial charge in [0.05, 0.1) is 14.2 Å². The summed E-state index contributed by atoms with van der Waals surface area (Å²) in [6.07, 6.45) is 0.509. The fraction of sp³-hybridized carbons (Fsp3) is 0.385. The smallest absolute Gasteiger partial charge is 0.325 e. The van der Waals surface area contributed by atoms with Gasteiger partial charge in [-0.25, -0.2) is 0 Å². The lowest BCUT2D eigenvalue weighted by molar-refractivity contribution is -0.145. The third-order valence-corrected chi connectivity index (χ3v) is 3.43. The number of fused-ring (bicyclic) bond motifs is 1. The zero-order valence-corrected chi connectivity index (χ0v) is 11.1. The Morgan fingerprint density at radius 1 is 1.45 bits per heavy atom. The van der Waals surface area contributed by atoms with Gasteiger partial charge < -0.3 is 9.47 Å². The first-order chi connectivity index (χ1) is 9.58. The number of nitrogens with zero attached hydrogens (tertiary/aromatic N) is 3. The van der Waals surface area contributed by atoms with Gasteiger partial charge >= 0.3 is 5.97 Å². The fourth-order valence-electron chi connectivity index (χ4n) is 2.35. The Bertz CT molecular complexity index is 622. The van der Waals surface area contributed by atoms with Gasteiger partial charge in [0.2, 0.25) is 5.54 Å². The molecule has 20 heavy (non-hydrogen) atoms. The molecule has 1 aliphatic carbocycles. The summed E-state index contributed by atoms with van der Waals surface area (Å²) in [4.78, 5) is 27.0.